The van der Waals surface area contributed by atoms with Crippen molar-refractivity contribution in [2.45, 2.75) is 19.8 Å². The molecule has 1 rings (SSSR count). The zero-order valence-corrected chi connectivity index (χ0v) is 10.3. The number of hydrogen-bond donors (Lipinski definition) is 0. The van der Waals surface area contributed by atoms with Crippen molar-refractivity contribution in [2.75, 3.05) is 14.1 Å². The molecule has 0 radical (unpaired) electrons. The van der Waals surface area contributed by atoms with Gasteiger partial charge in [-0.15, -0.1) is 0 Å². The Kier molecular flexibility index (Phi) is 4.23. The lowest BCUT2D eigenvalue weighted by molar-refractivity contribution is -0.123. The third-order valence-corrected chi connectivity index (χ3v) is 2.31. The van der Waals surface area contributed by atoms with Gasteiger partial charge in [0.25, 0.3) is 0 Å². The summed E-state index contributed by atoms with van der Waals surface area (Å²) in [4.78, 5) is 17.1. The van der Waals surface area contributed by atoms with Gasteiger partial charge < -0.3 is 4.90 Å². The van der Waals surface area contributed by atoms with E-state index in [0.29, 0.717) is 5.92 Å². The Labute approximate surface area is 96.8 Å². The summed E-state index contributed by atoms with van der Waals surface area (Å²) < 4.78 is 0. The van der Waals surface area contributed by atoms with Gasteiger partial charge in [0.15, 0.2) is 0 Å². The maximum absolute atomic E-state index is 11.3. The molecule has 86 valence electrons. The number of hydrogen-bond acceptors (Lipinski definition) is 2. The first kappa shape index (κ1) is 12.4. The quantitative estimate of drug-likeness (QED) is 0.729. The number of pyridine rings is 1. The minimum atomic E-state index is -0.0308. The van der Waals surface area contributed by atoms with Crippen LogP contribution >= 0.6 is 0 Å². The molecule has 1 aromatic rings. The largest absolute Gasteiger partial charge is 0.345 e. The van der Waals surface area contributed by atoms with Crippen LogP contribution in [0.4, 0.5) is 0 Å². The minimum Gasteiger partial charge on any atom is -0.345 e. The molecule has 0 aliphatic rings. The summed E-state index contributed by atoms with van der Waals surface area (Å²) in [5.74, 6) is 0.441. The number of rotatable bonds is 3. The highest BCUT2D eigenvalue weighted by molar-refractivity contribution is 5.91. The van der Waals surface area contributed by atoms with E-state index in [-0.39, 0.29) is 5.91 Å². The molecule has 1 heterocycles. The predicted octanol–water partition coefficient (Wildman–Crippen LogP) is 2.31. The van der Waals surface area contributed by atoms with Crippen LogP contribution in [-0.2, 0) is 4.79 Å². The fourth-order valence-electron chi connectivity index (χ4n) is 1.22. The lowest BCUT2D eigenvalue weighted by atomic mass is 10.0. The third-order valence-electron chi connectivity index (χ3n) is 2.31. The van der Waals surface area contributed by atoms with E-state index in [1.165, 1.54) is 16.5 Å². The van der Waals surface area contributed by atoms with Gasteiger partial charge in [-0.3, -0.25) is 9.78 Å². The van der Waals surface area contributed by atoms with E-state index in [9.17, 15) is 4.79 Å². The summed E-state index contributed by atoms with van der Waals surface area (Å²) in [5, 5.41) is 0. The third kappa shape index (κ3) is 3.50. The monoisotopic (exact) mass is 218 g/mol. The maximum atomic E-state index is 11.3. The molecule has 0 saturated carbocycles. The van der Waals surface area contributed by atoms with Gasteiger partial charge in [0, 0.05) is 26.4 Å². The van der Waals surface area contributed by atoms with Crippen molar-refractivity contribution in [2.24, 2.45) is 0 Å². The Hall–Kier alpha value is -1.64. The van der Waals surface area contributed by atoms with Crippen LogP contribution in [0.3, 0.4) is 0 Å². The highest BCUT2D eigenvalue weighted by Crippen LogP contribution is 2.14. The summed E-state index contributed by atoms with van der Waals surface area (Å²) in [7, 11) is 3.45. The van der Waals surface area contributed by atoms with Crippen molar-refractivity contribution in [3.05, 3.63) is 35.7 Å². The molecule has 0 aliphatic heterocycles. The van der Waals surface area contributed by atoms with E-state index in [1.807, 2.05) is 12.1 Å². The van der Waals surface area contributed by atoms with Gasteiger partial charge in [-0.05, 0) is 29.7 Å². The molecule has 0 atom stereocenters. The van der Waals surface area contributed by atoms with Crippen molar-refractivity contribution in [3.63, 3.8) is 0 Å². The Morgan fingerprint density at radius 3 is 2.69 bits per heavy atom. The molecule has 0 spiro atoms. The number of aromatic nitrogens is 1. The topological polar surface area (TPSA) is 33.2 Å². The average Bonchev–Trinajstić information content (AvgIpc) is 2.26. The Bertz CT molecular complexity index is 395. The SMILES string of the molecule is CC(C)c1ccnc(C=CC(=O)N(C)C)c1. The van der Waals surface area contributed by atoms with Crippen LogP contribution in [-0.4, -0.2) is 29.9 Å². The first-order valence-electron chi connectivity index (χ1n) is 5.36. The molecule has 3 heteroatoms. The molecule has 1 amide bonds. The van der Waals surface area contributed by atoms with Crippen LogP contribution in [0.15, 0.2) is 24.4 Å². The van der Waals surface area contributed by atoms with Crippen LogP contribution < -0.4 is 0 Å². The van der Waals surface area contributed by atoms with Gasteiger partial charge in [-0.2, -0.15) is 0 Å². The molecule has 16 heavy (non-hydrogen) atoms. The molecule has 1 aromatic heterocycles. The molecule has 0 aliphatic carbocycles. The zero-order chi connectivity index (χ0) is 12.1. The lowest BCUT2D eigenvalue weighted by Gasteiger charge is -2.06. The van der Waals surface area contributed by atoms with Crippen LogP contribution in [0.2, 0.25) is 0 Å². The highest BCUT2D eigenvalue weighted by Gasteiger charge is 2.00. The second-order valence-corrected chi connectivity index (χ2v) is 4.23. The van der Waals surface area contributed by atoms with E-state index >= 15 is 0 Å². The number of carbonyl (C=O) groups is 1. The Morgan fingerprint density at radius 1 is 1.44 bits per heavy atom. The predicted molar refractivity (Wildman–Crippen MR) is 66.1 cm³/mol. The Balaban J connectivity index is 2.82. The minimum absolute atomic E-state index is 0.0308. The van der Waals surface area contributed by atoms with Gasteiger partial charge in [0.05, 0.1) is 5.69 Å². The van der Waals surface area contributed by atoms with Gasteiger partial charge in [-0.1, -0.05) is 13.8 Å². The summed E-state index contributed by atoms with van der Waals surface area (Å²) in [6.45, 7) is 4.27. The van der Waals surface area contributed by atoms with Gasteiger partial charge >= 0.3 is 0 Å². The van der Waals surface area contributed by atoms with Gasteiger partial charge in [0.1, 0.15) is 0 Å². The van der Waals surface area contributed by atoms with E-state index in [0.717, 1.165) is 5.69 Å². The summed E-state index contributed by atoms with van der Waals surface area (Å²) in [5.41, 5.74) is 2.05. The molecular weight excluding hydrogens is 200 g/mol. The van der Waals surface area contributed by atoms with E-state index in [4.69, 9.17) is 0 Å². The van der Waals surface area contributed by atoms with Crippen LogP contribution in [0, 0.1) is 0 Å². The lowest BCUT2D eigenvalue weighted by Crippen LogP contribution is -2.18. The fourth-order valence-corrected chi connectivity index (χ4v) is 1.22. The summed E-state index contributed by atoms with van der Waals surface area (Å²) in [6, 6.07) is 4.00. The fraction of sp³-hybridized carbons (Fsp3) is 0.385. The second kappa shape index (κ2) is 5.45. The maximum Gasteiger partial charge on any atom is 0.246 e. The molecule has 3 nitrogen and oxygen atoms in total. The number of amides is 1. The van der Waals surface area contributed by atoms with Crippen molar-refractivity contribution < 1.29 is 4.79 Å². The molecule has 0 N–H and O–H groups in total. The van der Waals surface area contributed by atoms with E-state index < -0.39 is 0 Å². The van der Waals surface area contributed by atoms with Crippen molar-refractivity contribution in [3.8, 4) is 0 Å². The van der Waals surface area contributed by atoms with E-state index in [1.54, 1.807) is 26.4 Å². The molecule has 0 unspecified atom stereocenters. The van der Waals surface area contributed by atoms with Gasteiger partial charge in [0.2, 0.25) is 5.91 Å². The summed E-state index contributed by atoms with van der Waals surface area (Å²) >= 11 is 0. The molecule has 0 aromatic carbocycles. The van der Waals surface area contributed by atoms with Crippen LogP contribution in [0.1, 0.15) is 31.0 Å². The standard InChI is InChI=1S/C13H18N2O/c1-10(2)11-7-8-14-12(9-11)5-6-13(16)15(3)4/h5-10H,1-4H3. The van der Waals surface area contributed by atoms with Crippen molar-refractivity contribution >= 4 is 12.0 Å². The molecule has 0 saturated heterocycles. The first-order valence-corrected chi connectivity index (χ1v) is 5.36. The van der Waals surface area contributed by atoms with Crippen LogP contribution in [0.25, 0.3) is 6.08 Å². The average molecular weight is 218 g/mol. The molecule has 0 bridgehead atoms. The molecular formula is C13H18N2O. The normalized spacial score (nSPS) is 11.1. The van der Waals surface area contributed by atoms with Crippen molar-refractivity contribution in [1.29, 1.82) is 0 Å². The van der Waals surface area contributed by atoms with E-state index in [2.05, 4.69) is 18.8 Å². The molecule has 0 fully saturated rings. The number of nitrogens with zero attached hydrogens (tertiary/aromatic N) is 2. The smallest absolute Gasteiger partial charge is 0.246 e. The summed E-state index contributed by atoms with van der Waals surface area (Å²) in [6.07, 6.45) is 5.05. The van der Waals surface area contributed by atoms with Crippen molar-refractivity contribution in [1.82, 2.24) is 9.88 Å². The first-order chi connectivity index (χ1) is 7.50. The Morgan fingerprint density at radius 2 is 2.12 bits per heavy atom. The number of likely N-dealkylation sites (N-methyl/N-ethyl adjacent to an activating group) is 1. The highest BCUT2D eigenvalue weighted by atomic mass is 16.2. The van der Waals surface area contributed by atoms with Crippen LogP contribution in [0.5, 0.6) is 0 Å². The zero-order valence-electron chi connectivity index (χ0n) is 10.3. The number of carbonyl (C=O) groups excluding carboxylic acids is 1. The van der Waals surface area contributed by atoms with Gasteiger partial charge in [-0.25, -0.2) is 0 Å². The second-order valence-electron chi connectivity index (χ2n) is 4.23.